The predicted molar refractivity (Wildman–Crippen MR) is 161 cm³/mol. The molecule has 4 aromatic carbocycles. The number of ether oxygens (including phenoxy) is 1. The van der Waals surface area contributed by atoms with E-state index in [1.165, 1.54) is 24.3 Å². The SMILES string of the molecule is C=CCOc1cccc(C(=O)[C@@H]2[C@H](C(=O)c3ccc(F)cc3)N3C=Cc4ccccc4[C@@H]3[C@]23C(=O)Nc2ccccc23)c1. The van der Waals surface area contributed by atoms with E-state index in [2.05, 4.69) is 11.9 Å². The molecule has 0 saturated carbocycles. The van der Waals surface area contributed by atoms with E-state index in [0.717, 1.165) is 11.1 Å². The maximum Gasteiger partial charge on any atom is 0.238 e. The number of rotatable bonds is 7. The number of anilines is 1. The first-order valence-corrected chi connectivity index (χ1v) is 14.1. The quantitative estimate of drug-likeness (QED) is 0.206. The molecule has 0 aliphatic carbocycles. The number of hydrogen-bond donors (Lipinski definition) is 1. The third-order valence-corrected chi connectivity index (χ3v) is 8.74. The second-order valence-electron chi connectivity index (χ2n) is 10.9. The Morgan fingerprint density at radius 3 is 2.51 bits per heavy atom. The fourth-order valence-electron chi connectivity index (χ4n) is 7.03. The van der Waals surface area contributed by atoms with E-state index in [4.69, 9.17) is 4.74 Å². The summed E-state index contributed by atoms with van der Waals surface area (Å²) >= 11 is 0. The molecule has 6 nitrogen and oxygen atoms in total. The van der Waals surface area contributed by atoms with Gasteiger partial charge in [0.15, 0.2) is 11.6 Å². The molecule has 212 valence electrons. The summed E-state index contributed by atoms with van der Waals surface area (Å²) in [5.41, 5.74) is 2.13. The van der Waals surface area contributed by atoms with E-state index < -0.39 is 29.2 Å². The summed E-state index contributed by atoms with van der Waals surface area (Å²) in [6.07, 6.45) is 5.32. The Morgan fingerprint density at radius 1 is 0.930 bits per heavy atom. The number of nitrogens with zero attached hydrogens (tertiary/aromatic N) is 1. The van der Waals surface area contributed by atoms with Gasteiger partial charge in [0, 0.05) is 23.0 Å². The number of benzene rings is 4. The van der Waals surface area contributed by atoms with Crippen molar-refractivity contribution in [3.63, 3.8) is 0 Å². The molecule has 1 amide bonds. The van der Waals surface area contributed by atoms with Crippen LogP contribution in [0, 0.1) is 11.7 Å². The molecule has 1 fully saturated rings. The van der Waals surface area contributed by atoms with Crippen LogP contribution in [0.2, 0.25) is 0 Å². The molecule has 1 saturated heterocycles. The Kier molecular flexibility index (Phi) is 6.31. The summed E-state index contributed by atoms with van der Waals surface area (Å²) in [5.74, 6) is -2.22. The van der Waals surface area contributed by atoms with E-state index in [1.807, 2.05) is 65.7 Å². The molecular formula is C36H27FN2O4. The number of carbonyl (C=O) groups is 3. The molecule has 7 rings (SSSR count). The van der Waals surface area contributed by atoms with E-state index in [0.29, 0.717) is 22.6 Å². The Morgan fingerprint density at radius 2 is 1.70 bits per heavy atom. The first kappa shape index (κ1) is 26.6. The van der Waals surface area contributed by atoms with Crippen LogP contribution in [-0.4, -0.2) is 35.0 Å². The molecular weight excluding hydrogens is 543 g/mol. The first-order chi connectivity index (χ1) is 20.9. The van der Waals surface area contributed by atoms with Gasteiger partial charge in [0.2, 0.25) is 5.91 Å². The Balaban J connectivity index is 1.50. The Labute approximate surface area is 248 Å². The predicted octanol–water partition coefficient (Wildman–Crippen LogP) is 6.37. The molecule has 43 heavy (non-hydrogen) atoms. The number of para-hydroxylation sites is 1. The van der Waals surface area contributed by atoms with Crippen LogP contribution in [0.1, 0.15) is 43.4 Å². The van der Waals surface area contributed by atoms with Gasteiger partial charge in [-0.1, -0.05) is 67.3 Å². The molecule has 7 heteroatoms. The molecule has 0 bridgehead atoms. The van der Waals surface area contributed by atoms with Crippen LogP contribution in [0.4, 0.5) is 10.1 Å². The van der Waals surface area contributed by atoms with Gasteiger partial charge >= 0.3 is 0 Å². The van der Waals surface area contributed by atoms with Gasteiger partial charge in [0.25, 0.3) is 0 Å². The number of carbonyl (C=O) groups excluding carboxylic acids is 3. The Bertz CT molecular complexity index is 1830. The van der Waals surface area contributed by atoms with Crippen molar-refractivity contribution in [1.29, 1.82) is 0 Å². The van der Waals surface area contributed by atoms with Crippen LogP contribution in [0.15, 0.2) is 116 Å². The highest BCUT2D eigenvalue weighted by Gasteiger charge is 2.70. The average Bonchev–Trinajstić information content (AvgIpc) is 3.52. The van der Waals surface area contributed by atoms with Gasteiger partial charge in [-0.2, -0.15) is 0 Å². The van der Waals surface area contributed by atoms with Crippen molar-refractivity contribution in [2.24, 2.45) is 5.92 Å². The maximum atomic E-state index is 14.9. The second kappa shape index (κ2) is 10.2. The number of halogens is 1. The van der Waals surface area contributed by atoms with Gasteiger partial charge in [-0.05, 0) is 65.2 Å². The van der Waals surface area contributed by atoms with Gasteiger partial charge in [0.05, 0.1) is 12.0 Å². The number of nitrogens with one attached hydrogen (secondary N) is 1. The van der Waals surface area contributed by atoms with Gasteiger partial charge in [0.1, 0.15) is 29.6 Å². The van der Waals surface area contributed by atoms with Crippen molar-refractivity contribution in [3.05, 3.63) is 150 Å². The zero-order valence-electron chi connectivity index (χ0n) is 23.1. The molecule has 3 heterocycles. The molecule has 3 aliphatic heterocycles. The molecule has 4 aromatic rings. The largest absolute Gasteiger partial charge is 0.490 e. The van der Waals surface area contributed by atoms with Gasteiger partial charge in [-0.25, -0.2) is 4.39 Å². The van der Waals surface area contributed by atoms with Crippen LogP contribution in [0.25, 0.3) is 6.08 Å². The average molecular weight is 571 g/mol. The smallest absolute Gasteiger partial charge is 0.238 e. The molecule has 4 atom stereocenters. The number of Topliss-reactive ketones (excluding diaryl/α,β-unsaturated/α-hetero) is 2. The minimum atomic E-state index is -1.45. The molecule has 1 N–H and O–H groups in total. The van der Waals surface area contributed by atoms with Crippen LogP contribution in [0.5, 0.6) is 5.75 Å². The highest BCUT2D eigenvalue weighted by atomic mass is 19.1. The lowest BCUT2D eigenvalue weighted by Gasteiger charge is -2.38. The van der Waals surface area contributed by atoms with Crippen molar-refractivity contribution >= 4 is 29.2 Å². The summed E-state index contributed by atoms with van der Waals surface area (Å²) in [4.78, 5) is 45.8. The van der Waals surface area contributed by atoms with Crippen molar-refractivity contribution in [2.45, 2.75) is 17.5 Å². The number of hydrogen-bond acceptors (Lipinski definition) is 5. The zero-order chi connectivity index (χ0) is 29.7. The lowest BCUT2D eigenvalue weighted by Crippen LogP contribution is -2.49. The topological polar surface area (TPSA) is 75.7 Å². The molecule has 0 radical (unpaired) electrons. The van der Waals surface area contributed by atoms with Crippen LogP contribution in [0.3, 0.4) is 0 Å². The number of ketones is 2. The second-order valence-corrected chi connectivity index (χ2v) is 10.9. The summed E-state index contributed by atoms with van der Waals surface area (Å²) in [5, 5.41) is 3.04. The lowest BCUT2D eigenvalue weighted by atomic mass is 9.62. The van der Waals surface area contributed by atoms with Crippen LogP contribution >= 0.6 is 0 Å². The molecule has 0 aromatic heterocycles. The molecule has 3 aliphatic rings. The van der Waals surface area contributed by atoms with E-state index >= 15 is 0 Å². The van der Waals surface area contributed by atoms with E-state index in [9.17, 15) is 18.8 Å². The third-order valence-electron chi connectivity index (χ3n) is 8.74. The van der Waals surface area contributed by atoms with E-state index in [1.54, 1.807) is 30.3 Å². The lowest BCUT2D eigenvalue weighted by molar-refractivity contribution is -0.122. The van der Waals surface area contributed by atoms with Crippen molar-refractivity contribution in [3.8, 4) is 5.75 Å². The van der Waals surface area contributed by atoms with Crippen LogP contribution < -0.4 is 10.1 Å². The number of fused-ring (bicyclic) bond motifs is 6. The molecule has 1 spiro atoms. The van der Waals surface area contributed by atoms with Gasteiger partial charge < -0.3 is 15.0 Å². The van der Waals surface area contributed by atoms with Gasteiger partial charge in [-0.3, -0.25) is 14.4 Å². The fourth-order valence-corrected chi connectivity index (χ4v) is 7.03. The van der Waals surface area contributed by atoms with Crippen molar-refractivity contribution < 1.29 is 23.5 Å². The first-order valence-electron chi connectivity index (χ1n) is 14.1. The normalized spacial score (nSPS) is 22.9. The summed E-state index contributed by atoms with van der Waals surface area (Å²) in [6.45, 7) is 3.94. The van der Waals surface area contributed by atoms with Crippen LogP contribution in [-0.2, 0) is 10.2 Å². The minimum absolute atomic E-state index is 0.252. The maximum absolute atomic E-state index is 14.9. The molecule has 0 unspecified atom stereocenters. The minimum Gasteiger partial charge on any atom is -0.490 e. The van der Waals surface area contributed by atoms with E-state index in [-0.39, 0.29) is 29.6 Å². The monoisotopic (exact) mass is 570 g/mol. The highest BCUT2D eigenvalue weighted by molar-refractivity contribution is 6.16. The third kappa shape index (κ3) is 3.96. The highest BCUT2D eigenvalue weighted by Crippen LogP contribution is 2.62. The summed E-state index contributed by atoms with van der Waals surface area (Å²) < 4.78 is 19.6. The van der Waals surface area contributed by atoms with Crippen molar-refractivity contribution in [2.75, 3.05) is 11.9 Å². The summed E-state index contributed by atoms with van der Waals surface area (Å²) in [7, 11) is 0. The standard InChI is InChI=1S/C36H27FN2O4/c1-2-20-43-26-10-7-9-24(21-26)32(40)30-31(33(41)23-14-16-25(37)17-15-23)39-19-18-22-8-3-4-11-27(22)34(39)36(30)28-12-5-6-13-29(28)38-35(36)42/h2-19,21,30-31,34H,1,20H2,(H,38,42)/t30-,31+,34+,36+/m0/s1. The van der Waals surface area contributed by atoms with Crippen molar-refractivity contribution in [1.82, 2.24) is 4.90 Å². The summed E-state index contributed by atoms with van der Waals surface area (Å²) in [6, 6.07) is 25.4. The fraction of sp³-hybridized carbons (Fsp3) is 0.139. The Hall–Kier alpha value is -5.30. The van der Waals surface area contributed by atoms with Gasteiger partial charge in [-0.15, -0.1) is 0 Å². The number of amides is 1. The zero-order valence-corrected chi connectivity index (χ0v) is 23.1.